The molecule has 0 heterocycles. The van der Waals surface area contributed by atoms with Gasteiger partial charge in [-0.25, -0.2) is 4.39 Å². The van der Waals surface area contributed by atoms with Crippen molar-refractivity contribution in [3.8, 4) is 22.6 Å². The van der Waals surface area contributed by atoms with E-state index in [1.165, 1.54) is 6.07 Å². The van der Waals surface area contributed by atoms with Gasteiger partial charge in [-0.1, -0.05) is 45.0 Å². The lowest BCUT2D eigenvalue weighted by atomic mass is 9.81. The highest BCUT2D eigenvalue weighted by Gasteiger charge is 2.21. The lowest BCUT2D eigenvalue weighted by molar-refractivity contribution is -0.117. The van der Waals surface area contributed by atoms with E-state index in [0.717, 1.165) is 40.8 Å². The number of rotatable bonds is 12. The Morgan fingerprint density at radius 1 is 0.919 bits per heavy atom. The fourth-order valence-electron chi connectivity index (χ4n) is 4.61. The van der Waals surface area contributed by atoms with Gasteiger partial charge in [-0.2, -0.15) is 0 Å². The molecule has 37 heavy (non-hydrogen) atoms. The first kappa shape index (κ1) is 28.4. The van der Waals surface area contributed by atoms with E-state index in [2.05, 4.69) is 26.8 Å². The quantitative estimate of drug-likeness (QED) is 0.235. The summed E-state index contributed by atoms with van der Waals surface area (Å²) in [6.07, 6.45) is 2.33. The van der Waals surface area contributed by atoms with Crippen LogP contribution in [0.3, 0.4) is 0 Å². The predicted molar refractivity (Wildman–Crippen MR) is 147 cm³/mol. The number of Topliss-reactive ketones (excluding diaryl/α,β-unsaturated/α-hetero) is 1. The second-order valence-corrected chi connectivity index (χ2v) is 10.6. The smallest absolute Gasteiger partial charge is 0.131 e. The van der Waals surface area contributed by atoms with Crippen LogP contribution in [-0.2, 0) is 21.6 Å². The molecule has 0 unspecified atom stereocenters. The molecule has 0 saturated carbocycles. The molecule has 198 valence electrons. The zero-order valence-electron chi connectivity index (χ0n) is 22.9. The first-order valence-electron chi connectivity index (χ1n) is 12.8. The Morgan fingerprint density at radius 2 is 1.62 bits per heavy atom. The number of carbonyl (C=O) groups is 1. The molecule has 3 aromatic carbocycles. The average Bonchev–Trinajstić information content (AvgIpc) is 2.86. The van der Waals surface area contributed by atoms with E-state index in [9.17, 15) is 9.18 Å². The number of halogens is 1. The maximum atomic E-state index is 14.9. The number of benzene rings is 3. The summed E-state index contributed by atoms with van der Waals surface area (Å²) in [7, 11) is 3.28. The standard InChI is InChI=1S/C32H39FO4/c1-22(34)18-25(8-7-17-35-5)24-10-12-26(13-11-24)37-21-23-9-15-30(32(2,3)4)28(19-23)29-20-27(36-6)14-16-31(29)33/h9-16,19-20,25H,7-8,17-18,21H2,1-6H3/t25-/m1/s1. The molecular formula is C32H39FO4. The number of ether oxygens (including phenoxy) is 3. The topological polar surface area (TPSA) is 44.8 Å². The lowest BCUT2D eigenvalue weighted by Crippen LogP contribution is -2.13. The van der Waals surface area contributed by atoms with Crippen LogP contribution >= 0.6 is 0 Å². The fraction of sp³-hybridized carbons (Fsp3) is 0.406. The molecule has 0 spiro atoms. The molecule has 0 bridgehead atoms. The zero-order valence-corrected chi connectivity index (χ0v) is 22.9. The molecule has 5 heteroatoms. The molecule has 0 saturated heterocycles. The Bertz CT molecular complexity index is 1180. The largest absolute Gasteiger partial charge is 0.497 e. The lowest BCUT2D eigenvalue weighted by Gasteiger charge is -2.24. The first-order valence-corrected chi connectivity index (χ1v) is 12.8. The summed E-state index contributed by atoms with van der Waals surface area (Å²) in [6.45, 7) is 9.04. The highest BCUT2D eigenvalue weighted by Crippen LogP contribution is 2.37. The van der Waals surface area contributed by atoms with Crippen LogP contribution in [0.1, 0.15) is 69.6 Å². The minimum absolute atomic E-state index is 0.167. The van der Waals surface area contributed by atoms with Gasteiger partial charge in [-0.15, -0.1) is 0 Å². The van der Waals surface area contributed by atoms with Gasteiger partial charge in [0.15, 0.2) is 0 Å². The Balaban J connectivity index is 1.80. The third-order valence-corrected chi connectivity index (χ3v) is 6.55. The SMILES string of the molecule is COCCC[C@H](CC(C)=O)c1ccc(OCc2ccc(C(C)(C)C)c(-c3cc(OC)ccc3F)c2)cc1. The summed E-state index contributed by atoms with van der Waals surface area (Å²) in [5, 5.41) is 0. The van der Waals surface area contributed by atoms with Gasteiger partial charge < -0.3 is 19.0 Å². The van der Waals surface area contributed by atoms with Crippen molar-refractivity contribution < 1.29 is 23.4 Å². The van der Waals surface area contributed by atoms with Crippen LogP contribution in [0.25, 0.3) is 11.1 Å². The number of hydrogen-bond acceptors (Lipinski definition) is 4. The molecule has 0 fully saturated rings. The molecule has 0 aliphatic carbocycles. The number of carbonyl (C=O) groups excluding carboxylic acids is 1. The summed E-state index contributed by atoms with van der Waals surface area (Å²) in [6, 6.07) is 18.9. The summed E-state index contributed by atoms with van der Waals surface area (Å²) in [5.41, 5.74) is 4.31. The normalized spacial score (nSPS) is 12.3. The van der Waals surface area contributed by atoms with E-state index in [1.807, 2.05) is 36.4 Å². The van der Waals surface area contributed by atoms with E-state index >= 15 is 0 Å². The first-order chi connectivity index (χ1) is 17.6. The van der Waals surface area contributed by atoms with Gasteiger partial charge in [0.2, 0.25) is 0 Å². The van der Waals surface area contributed by atoms with Crippen molar-refractivity contribution in [1.29, 1.82) is 0 Å². The molecule has 0 aromatic heterocycles. The molecule has 0 aliphatic rings. The molecule has 4 nitrogen and oxygen atoms in total. The van der Waals surface area contributed by atoms with Crippen molar-refractivity contribution >= 4 is 5.78 Å². The Hall–Kier alpha value is -3.18. The average molecular weight is 507 g/mol. The fourth-order valence-corrected chi connectivity index (χ4v) is 4.61. The summed E-state index contributed by atoms with van der Waals surface area (Å²) in [4.78, 5) is 11.8. The van der Waals surface area contributed by atoms with Crippen LogP contribution in [-0.4, -0.2) is 26.6 Å². The van der Waals surface area contributed by atoms with Crippen molar-refractivity contribution in [1.82, 2.24) is 0 Å². The second kappa shape index (κ2) is 12.9. The third-order valence-electron chi connectivity index (χ3n) is 6.55. The molecule has 0 aliphatic heterocycles. The van der Waals surface area contributed by atoms with E-state index in [0.29, 0.717) is 30.9 Å². The third kappa shape index (κ3) is 7.90. The van der Waals surface area contributed by atoms with Crippen molar-refractivity contribution in [2.45, 2.75) is 64.9 Å². The molecular weight excluding hydrogens is 467 g/mol. The maximum Gasteiger partial charge on any atom is 0.131 e. The van der Waals surface area contributed by atoms with Gasteiger partial charge in [0.1, 0.15) is 29.7 Å². The van der Waals surface area contributed by atoms with Crippen LogP contribution in [0.5, 0.6) is 11.5 Å². The van der Waals surface area contributed by atoms with E-state index in [1.54, 1.807) is 33.3 Å². The van der Waals surface area contributed by atoms with E-state index < -0.39 is 0 Å². The van der Waals surface area contributed by atoms with Gasteiger partial charge in [-0.05, 0) is 89.8 Å². The second-order valence-electron chi connectivity index (χ2n) is 10.6. The zero-order chi connectivity index (χ0) is 27.0. The van der Waals surface area contributed by atoms with Crippen LogP contribution in [0, 0.1) is 5.82 Å². The molecule has 3 rings (SSSR count). The molecule has 3 aromatic rings. The van der Waals surface area contributed by atoms with Crippen LogP contribution < -0.4 is 9.47 Å². The molecule has 0 radical (unpaired) electrons. The Kier molecular flexibility index (Phi) is 9.87. The number of ketones is 1. The molecule has 0 N–H and O–H groups in total. The monoisotopic (exact) mass is 506 g/mol. The Labute approximate surface area is 220 Å². The summed E-state index contributed by atoms with van der Waals surface area (Å²) < 4.78 is 31.5. The minimum Gasteiger partial charge on any atom is -0.497 e. The van der Waals surface area contributed by atoms with Gasteiger partial charge in [0.25, 0.3) is 0 Å². The summed E-state index contributed by atoms with van der Waals surface area (Å²) >= 11 is 0. The minimum atomic E-state index is -0.287. The van der Waals surface area contributed by atoms with Crippen molar-refractivity contribution in [2.75, 3.05) is 20.8 Å². The predicted octanol–water partition coefficient (Wildman–Crippen LogP) is 7.87. The van der Waals surface area contributed by atoms with Crippen LogP contribution in [0.15, 0.2) is 60.7 Å². The van der Waals surface area contributed by atoms with E-state index in [4.69, 9.17) is 14.2 Å². The number of methoxy groups -OCH3 is 2. The highest BCUT2D eigenvalue weighted by atomic mass is 19.1. The maximum absolute atomic E-state index is 14.9. The van der Waals surface area contributed by atoms with Crippen molar-refractivity contribution in [3.63, 3.8) is 0 Å². The van der Waals surface area contributed by atoms with Crippen molar-refractivity contribution in [2.24, 2.45) is 0 Å². The van der Waals surface area contributed by atoms with Gasteiger partial charge in [0, 0.05) is 25.7 Å². The van der Waals surface area contributed by atoms with Gasteiger partial charge >= 0.3 is 0 Å². The number of hydrogen-bond donors (Lipinski definition) is 0. The van der Waals surface area contributed by atoms with Gasteiger partial charge in [-0.3, -0.25) is 0 Å². The molecule has 0 amide bonds. The van der Waals surface area contributed by atoms with Crippen LogP contribution in [0.2, 0.25) is 0 Å². The highest BCUT2D eigenvalue weighted by molar-refractivity contribution is 5.76. The van der Waals surface area contributed by atoms with Crippen molar-refractivity contribution in [3.05, 3.63) is 83.2 Å². The molecule has 1 atom stereocenters. The van der Waals surface area contributed by atoms with Crippen LogP contribution in [0.4, 0.5) is 4.39 Å². The van der Waals surface area contributed by atoms with Gasteiger partial charge in [0.05, 0.1) is 7.11 Å². The Morgan fingerprint density at radius 3 is 2.24 bits per heavy atom. The summed E-state index contributed by atoms with van der Waals surface area (Å²) in [5.74, 6) is 1.43. The van der Waals surface area contributed by atoms with E-state index in [-0.39, 0.29) is 22.9 Å².